The number of rotatable bonds is 6. The van der Waals surface area contributed by atoms with E-state index < -0.39 is 0 Å². The standard InChI is InChI=1S/C10H17BrN2S/c1-13(5-3-2-4-12)7-9-6-10(11)14-8-9/h6,8H,2-5,7,12H2,1H3. The number of nitrogens with two attached hydrogens (primary N) is 1. The number of unbranched alkanes of at least 4 members (excludes halogenated alkanes) is 1. The van der Waals surface area contributed by atoms with Gasteiger partial charge >= 0.3 is 0 Å². The number of halogens is 1. The molecule has 2 N–H and O–H groups in total. The summed E-state index contributed by atoms with van der Waals surface area (Å²) in [5, 5.41) is 2.20. The molecule has 0 saturated heterocycles. The van der Waals surface area contributed by atoms with Gasteiger partial charge in [0.25, 0.3) is 0 Å². The second kappa shape index (κ2) is 6.56. The van der Waals surface area contributed by atoms with E-state index >= 15 is 0 Å². The maximum absolute atomic E-state index is 5.45. The van der Waals surface area contributed by atoms with E-state index in [2.05, 4.69) is 39.3 Å². The normalized spacial score (nSPS) is 11.1. The van der Waals surface area contributed by atoms with Crippen LogP contribution >= 0.6 is 27.3 Å². The molecule has 2 nitrogen and oxygen atoms in total. The Bertz CT molecular complexity index is 262. The largest absolute Gasteiger partial charge is 0.330 e. The molecule has 14 heavy (non-hydrogen) atoms. The molecule has 0 bridgehead atoms. The molecular weight excluding hydrogens is 260 g/mol. The summed E-state index contributed by atoms with van der Waals surface area (Å²) in [7, 11) is 2.15. The SMILES string of the molecule is CN(CCCCN)Cc1csc(Br)c1. The van der Waals surface area contributed by atoms with Crippen molar-refractivity contribution in [1.82, 2.24) is 4.90 Å². The van der Waals surface area contributed by atoms with E-state index in [9.17, 15) is 0 Å². The van der Waals surface area contributed by atoms with E-state index in [-0.39, 0.29) is 0 Å². The summed E-state index contributed by atoms with van der Waals surface area (Å²) in [4.78, 5) is 2.34. The lowest BCUT2D eigenvalue weighted by Crippen LogP contribution is -2.19. The van der Waals surface area contributed by atoms with E-state index in [0.717, 1.165) is 26.1 Å². The maximum Gasteiger partial charge on any atom is 0.0701 e. The first-order chi connectivity index (χ1) is 6.72. The molecule has 0 saturated carbocycles. The third-order valence-electron chi connectivity index (χ3n) is 2.07. The van der Waals surface area contributed by atoms with Crippen molar-refractivity contribution in [2.45, 2.75) is 19.4 Å². The molecule has 1 rings (SSSR count). The fraction of sp³-hybridized carbons (Fsp3) is 0.600. The van der Waals surface area contributed by atoms with Crippen molar-refractivity contribution in [3.8, 4) is 0 Å². The van der Waals surface area contributed by atoms with Crippen LogP contribution in [0.2, 0.25) is 0 Å². The minimum Gasteiger partial charge on any atom is -0.330 e. The summed E-state index contributed by atoms with van der Waals surface area (Å²) in [5.74, 6) is 0. The first-order valence-corrected chi connectivity index (χ1v) is 6.51. The first-order valence-electron chi connectivity index (χ1n) is 4.84. The Balaban J connectivity index is 2.23. The third-order valence-corrected chi connectivity index (χ3v) is 3.62. The molecule has 0 amide bonds. The predicted molar refractivity (Wildman–Crippen MR) is 66.6 cm³/mol. The van der Waals surface area contributed by atoms with Crippen LogP contribution in [0.25, 0.3) is 0 Å². The highest BCUT2D eigenvalue weighted by Gasteiger charge is 2.01. The molecule has 0 aliphatic heterocycles. The van der Waals surface area contributed by atoms with Crippen molar-refractivity contribution in [2.75, 3.05) is 20.1 Å². The van der Waals surface area contributed by atoms with Gasteiger partial charge < -0.3 is 10.6 Å². The molecule has 0 fully saturated rings. The molecule has 0 spiro atoms. The van der Waals surface area contributed by atoms with Gasteiger partial charge in [0.05, 0.1) is 3.79 Å². The zero-order valence-electron chi connectivity index (χ0n) is 8.50. The van der Waals surface area contributed by atoms with Gasteiger partial charge in [-0.25, -0.2) is 0 Å². The van der Waals surface area contributed by atoms with E-state index in [1.54, 1.807) is 11.3 Å². The zero-order valence-corrected chi connectivity index (χ0v) is 10.9. The Morgan fingerprint density at radius 2 is 2.29 bits per heavy atom. The lowest BCUT2D eigenvalue weighted by atomic mass is 10.2. The summed E-state index contributed by atoms with van der Waals surface area (Å²) in [6, 6.07) is 2.18. The van der Waals surface area contributed by atoms with Crippen LogP contribution in [-0.2, 0) is 6.54 Å². The van der Waals surface area contributed by atoms with Gasteiger partial charge in [0.15, 0.2) is 0 Å². The van der Waals surface area contributed by atoms with Gasteiger partial charge in [-0.15, -0.1) is 11.3 Å². The molecule has 80 valence electrons. The summed E-state index contributed by atoms with van der Waals surface area (Å²) in [6.45, 7) is 2.97. The Hall–Kier alpha value is 0.100. The van der Waals surface area contributed by atoms with Crippen LogP contribution in [0.1, 0.15) is 18.4 Å². The molecule has 1 heterocycles. The smallest absolute Gasteiger partial charge is 0.0701 e. The van der Waals surface area contributed by atoms with E-state index in [0.29, 0.717) is 0 Å². The van der Waals surface area contributed by atoms with Crippen molar-refractivity contribution < 1.29 is 0 Å². The zero-order chi connectivity index (χ0) is 10.4. The van der Waals surface area contributed by atoms with Crippen LogP contribution in [-0.4, -0.2) is 25.0 Å². The van der Waals surface area contributed by atoms with Crippen molar-refractivity contribution in [2.24, 2.45) is 5.73 Å². The molecule has 1 aromatic rings. The highest BCUT2D eigenvalue weighted by Crippen LogP contribution is 2.21. The summed E-state index contributed by atoms with van der Waals surface area (Å²) >= 11 is 5.21. The van der Waals surface area contributed by atoms with Gasteiger partial charge in [-0.3, -0.25) is 0 Å². The third kappa shape index (κ3) is 4.55. The summed E-state index contributed by atoms with van der Waals surface area (Å²) in [6.07, 6.45) is 2.32. The lowest BCUT2D eigenvalue weighted by Gasteiger charge is -2.15. The molecule has 0 aliphatic carbocycles. The molecule has 0 aliphatic rings. The minimum absolute atomic E-state index is 0.803. The topological polar surface area (TPSA) is 29.3 Å². The van der Waals surface area contributed by atoms with Gasteiger partial charge in [-0.2, -0.15) is 0 Å². The van der Waals surface area contributed by atoms with Crippen molar-refractivity contribution >= 4 is 27.3 Å². The van der Waals surface area contributed by atoms with Crippen LogP contribution < -0.4 is 5.73 Å². The molecule has 0 aromatic carbocycles. The molecule has 1 aromatic heterocycles. The van der Waals surface area contributed by atoms with Gasteiger partial charge in [0, 0.05) is 6.54 Å². The average molecular weight is 277 g/mol. The molecule has 0 radical (unpaired) electrons. The Kier molecular flexibility index (Phi) is 5.70. The summed E-state index contributed by atoms with van der Waals surface area (Å²) in [5.41, 5.74) is 6.83. The predicted octanol–water partition coefficient (Wildman–Crippen LogP) is 2.68. The van der Waals surface area contributed by atoms with Crippen molar-refractivity contribution in [3.05, 3.63) is 20.8 Å². The molecule has 4 heteroatoms. The molecule has 0 unspecified atom stereocenters. The highest BCUT2D eigenvalue weighted by atomic mass is 79.9. The molecular formula is C10H17BrN2S. The Labute approximate surface area is 98.2 Å². The number of thiophene rings is 1. The van der Waals surface area contributed by atoms with Crippen LogP contribution in [0.3, 0.4) is 0 Å². The summed E-state index contributed by atoms with van der Waals surface area (Å²) < 4.78 is 1.21. The second-order valence-corrected chi connectivity index (χ2v) is 5.78. The van der Waals surface area contributed by atoms with Crippen LogP contribution in [0, 0.1) is 0 Å². The van der Waals surface area contributed by atoms with Gasteiger partial charge in [-0.1, -0.05) is 0 Å². The van der Waals surface area contributed by atoms with Gasteiger partial charge in [0.2, 0.25) is 0 Å². The highest BCUT2D eigenvalue weighted by molar-refractivity contribution is 9.11. The van der Waals surface area contributed by atoms with Crippen molar-refractivity contribution in [3.63, 3.8) is 0 Å². The Morgan fingerprint density at radius 3 is 2.86 bits per heavy atom. The monoisotopic (exact) mass is 276 g/mol. The fourth-order valence-corrected chi connectivity index (χ4v) is 2.55. The van der Waals surface area contributed by atoms with E-state index in [4.69, 9.17) is 5.73 Å². The van der Waals surface area contributed by atoms with Crippen molar-refractivity contribution in [1.29, 1.82) is 0 Å². The number of hydrogen-bond acceptors (Lipinski definition) is 3. The van der Waals surface area contributed by atoms with Gasteiger partial charge in [0.1, 0.15) is 0 Å². The van der Waals surface area contributed by atoms with Crippen LogP contribution in [0.5, 0.6) is 0 Å². The van der Waals surface area contributed by atoms with E-state index in [1.165, 1.54) is 15.8 Å². The average Bonchev–Trinajstić information content (AvgIpc) is 2.52. The van der Waals surface area contributed by atoms with Gasteiger partial charge in [-0.05, 0) is 65.9 Å². The Morgan fingerprint density at radius 1 is 1.50 bits per heavy atom. The van der Waals surface area contributed by atoms with Crippen LogP contribution in [0.15, 0.2) is 15.2 Å². The lowest BCUT2D eigenvalue weighted by molar-refractivity contribution is 0.320. The molecule has 0 atom stereocenters. The van der Waals surface area contributed by atoms with Crippen LogP contribution in [0.4, 0.5) is 0 Å². The number of hydrogen-bond donors (Lipinski definition) is 1. The first kappa shape index (κ1) is 12.2. The minimum atomic E-state index is 0.803. The quantitative estimate of drug-likeness (QED) is 0.810. The fourth-order valence-electron chi connectivity index (χ4n) is 1.35. The van der Waals surface area contributed by atoms with E-state index in [1.807, 2.05) is 0 Å². The maximum atomic E-state index is 5.45. The second-order valence-electron chi connectivity index (χ2n) is 3.49. The number of nitrogens with zero attached hydrogens (tertiary/aromatic N) is 1.